The summed E-state index contributed by atoms with van der Waals surface area (Å²) in [6.07, 6.45) is -0.0162. The lowest BCUT2D eigenvalue weighted by atomic mass is 10.2. The highest BCUT2D eigenvalue weighted by Gasteiger charge is 2.34. The van der Waals surface area contributed by atoms with Crippen molar-refractivity contribution in [2.24, 2.45) is 0 Å². The van der Waals surface area contributed by atoms with Gasteiger partial charge in [-0.2, -0.15) is 18.2 Å². The van der Waals surface area contributed by atoms with E-state index in [4.69, 9.17) is 4.52 Å². The Kier molecular flexibility index (Phi) is 4.85. The summed E-state index contributed by atoms with van der Waals surface area (Å²) in [6, 6.07) is 9.04. The number of aromatic nitrogens is 6. The number of pyridine rings is 2. The summed E-state index contributed by atoms with van der Waals surface area (Å²) in [5, 5.41) is 6.60. The predicted molar refractivity (Wildman–Crippen MR) is 95.1 cm³/mol. The van der Waals surface area contributed by atoms with E-state index in [1.165, 1.54) is 12.3 Å². The molecule has 4 heterocycles. The first kappa shape index (κ1) is 18.5. The van der Waals surface area contributed by atoms with Crippen molar-refractivity contribution in [2.75, 3.05) is 5.32 Å². The molecule has 0 bridgehead atoms. The number of nitrogens with one attached hydrogen (secondary N) is 1. The molecule has 0 saturated carbocycles. The van der Waals surface area contributed by atoms with Gasteiger partial charge >= 0.3 is 6.18 Å². The van der Waals surface area contributed by atoms with E-state index >= 15 is 0 Å². The molecular weight excluding hydrogens is 387 g/mol. The van der Waals surface area contributed by atoms with Crippen LogP contribution in [0, 0.1) is 0 Å². The van der Waals surface area contributed by atoms with E-state index in [0.29, 0.717) is 11.4 Å². The Balaban J connectivity index is 1.58. The predicted octanol–water partition coefficient (Wildman–Crippen LogP) is 3.61. The van der Waals surface area contributed by atoms with Crippen molar-refractivity contribution in [3.8, 4) is 22.9 Å². The van der Waals surface area contributed by atoms with Gasteiger partial charge in [0.1, 0.15) is 11.5 Å². The zero-order valence-electron chi connectivity index (χ0n) is 14.6. The molecular formula is C18H12F3N7O. The molecule has 0 radical (unpaired) electrons. The van der Waals surface area contributed by atoms with Crippen LogP contribution in [0.3, 0.4) is 0 Å². The summed E-state index contributed by atoms with van der Waals surface area (Å²) in [6.45, 7) is -0.0198. The topological polar surface area (TPSA) is 103 Å². The lowest BCUT2D eigenvalue weighted by Gasteiger charge is -2.10. The van der Waals surface area contributed by atoms with E-state index < -0.39 is 11.9 Å². The Morgan fingerprint density at radius 2 is 1.76 bits per heavy atom. The maximum Gasteiger partial charge on any atom is 0.433 e. The smallest absolute Gasteiger partial charge is 0.361 e. The average Bonchev–Trinajstić information content (AvgIpc) is 3.22. The molecule has 29 heavy (non-hydrogen) atoms. The third-order valence-corrected chi connectivity index (χ3v) is 3.74. The van der Waals surface area contributed by atoms with Crippen LogP contribution < -0.4 is 5.32 Å². The van der Waals surface area contributed by atoms with Gasteiger partial charge in [0.15, 0.2) is 11.5 Å². The maximum atomic E-state index is 13.2. The molecule has 4 aromatic rings. The number of anilines is 1. The summed E-state index contributed by atoms with van der Waals surface area (Å²) in [4.78, 5) is 19.8. The van der Waals surface area contributed by atoms with Crippen LogP contribution in [-0.4, -0.2) is 30.1 Å². The van der Waals surface area contributed by atoms with Crippen molar-refractivity contribution in [1.82, 2.24) is 30.1 Å². The highest BCUT2D eigenvalue weighted by Crippen LogP contribution is 2.30. The van der Waals surface area contributed by atoms with E-state index in [0.717, 1.165) is 6.07 Å². The van der Waals surface area contributed by atoms with Crippen LogP contribution in [0.2, 0.25) is 0 Å². The number of hydrogen-bond acceptors (Lipinski definition) is 8. The Labute approximate surface area is 161 Å². The molecule has 0 aliphatic heterocycles. The molecule has 0 amide bonds. The summed E-state index contributed by atoms with van der Waals surface area (Å²) in [5.41, 5.74) is -0.160. The number of nitrogens with zero attached hydrogens (tertiary/aromatic N) is 6. The fraction of sp³-hybridized carbons (Fsp3) is 0.111. The second kappa shape index (κ2) is 7.62. The van der Waals surface area contributed by atoms with Gasteiger partial charge in [0.25, 0.3) is 0 Å². The molecule has 0 aliphatic carbocycles. The van der Waals surface area contributed by atoms with Crippen molar-refractivity contribution < 1.29 is 17.7 Å². The van der Waals surface area contributed by atoms with E-state index in [2.05, 4.69) is 35.4 Å². The van der Waals surface area contributed by atoms with Crippen LogP contribution in [0.4, 0.5) is 19.0 Å². The summed E-state index contributed by atoms with van der Waals surface area (Å²) in [5.74, 6) is 0.336. The molecule has 0 unspecified atom stereocenters. The largest absolute Gasteiger partial charge is 0.433 e. The molecule has 0 fully saturated rings. The zero-order valence-corrected chi connectivity index (χ0v) is 14.6. The van der Waals surface area contributed by atoms with Gasteiger partial charge in [-0.3, -0.25) is 9.97 Å². The van der Waals surface area contributed by atoms with Crippen LogP contribution in [0.15, 0.2) is 59.5 Å². The standard InChI is InChI=1S/C18H12F3N7O/c19-18(20,21)13-9-14(26-17(25-13)12-3-1-2-6-23-12)24-10-15-27-16(28-29-15)11-4-7-22-8-5-11/h1-9H,10H2,(H,24,25,26). The van der Waals surface area contributed by atoms with Crippen molar-refractivity contribution >= 4 is 5.82 Å². The highest BCUT2D eigenvalue weighted by atomic mass is 19.4. The number of hydrogen-bond donors (Lipinski definition) is 1. The first-order valence-electron chi connectivity index (χ1n) is 8.33. The average molecular weight is 399 g/mol. The van der Waals surface area contributed by atoms with Gasteiger partial charge in [-0.25, -0.2) is 9.97 Å². The quantitative estimate of drug-likeness (QED) is 0.543. The molecule has 0 atom stereocenters. The third-order valence-electron chi connectivity index (χ3n) is 3.74. The minimum atomic E-state index is -4.64. The molecule has 0 spiro atoms. The first-order valence-corrected chi connectivity index (χ1v) is 8.33. The molecule has 146 valence electrons. The van der Waals surface area contributed by atoms with Crippen molar-refractivity contribution in [1.29, 1.82) is 0 Å². The van der Waals surface area contributed by atoms with Crippen LogP contribution in [0.25, 0.3) is 22.9 Å². The Morgan fingerprint density at radius 3 is 2.48 bits per heavy atom. The minimum Gasteiger partial charge on any atom is -0.361 e. The van der Waals surface area contributed by atoms with Crippen molar-refractivity contribution in [2.45, 2.75) is 12.7 Å². The number of alkyl halides is 3. The molecule has 11 heteroatoms. The van der Waals surface area contributed by atoms with Crippen molar-refractivity contribution in [3.05, 3.63) is 66.6 Å². The first-order chi connectivity index (χ1) is 14.0. The molecule has 0 aromatic carbocycles. The Hall–Kier alpha value is -3.89. The lowest BCUT2D eigenvalue weighted by molar-refractivity contribution is -0.141. The molecule has 0 saturated heterocycles. The van der Waals surface area contributed by atoms with Gasteiger partial charge in [0.2, 0.25) is 11.7 Å². The zero-order chi connectivity index (χ0) is 20.3. The minimum absolute atomic E-state index is 0.0198. The van der Waals surface area contributed by atoms with E-state index in [-0.39, 0.29) is 29.8 Å². The summed E-state index contributed by atoms with van der Waals surface area (Å²) >= 11 is 0. The van der Waals surface area contributed by atoms with Gasteiger partial charge in [-0.15, -0.1) is 0 Å². The van der Waals surface area contributed by atoms with Crippen LogP contribution in [-0.2, 0) is 12.7 Å². The van der Waals surface area contributed by atoms with Crippen LogP contribution in [0.1, 0.15) is 11.6 Å². The van der Waals surface area contributed by atoms with E-state index in [1.54, 1.807) is 36.7 Å². The van der Waals surface area contributed by atoms with Crippen molar-refractivity contribution in [3.63, 3.8) is 0 Å². The Morgan fingerprint density at radius 1 is 0.931 bits per heavy atom. The maximum absolute atomic E-state index is 13.2. The third kappa shape index (κ3) is 4.34. The summed E-state index contributed by atoms with van der Waals surface area (Å²) < 4.78 is 44.8. The van der Waals surface area contributed by atoms with Gasteiger partial charge < -0.3 is 9.84 Å². The van der Waals surface area contributed by atoms with Crippen LogP contribution in [0.5, 0.6) is 0 Å². The second-order valence-corrected chi connectivity index (χ2v) is 5.78. The molecule has 4 rings (SSSR count). The van der Waals surface area contributed by atoms with E-state index in [9.17, 15) is 13.2 Å². The Bertz CT molecular complexity index is 1100. The van der Waals surface area contributed by atoms with Crippen LogP contribution >= 0.6 is 0 Å². The normalized spacial score (nSPS) is 11.4. The second-order valence-electron chi connectivity index (χ2n) is 5.78. The highest BCUT2D eigenvalue weighted by molar-refractivity contribution is 5.54. The fourth-order valence-corrected chi connectivity index (χ4v) is 2.40. The molecule has 4 aromatic heterocycles. The number of rotatable bonds is 5. The van der Waals surface area contributed by atoms with Gasteiger partial charge in [-0.1, -0.05) is 11.2 Å². The van der Waals surface area contributed by atoms with Gasteiger partial charge in [-0.05, 0) is 24.3 Å². The molecule has 1 N–H and O–H groups in total. The fourth-order valence-electron chi connectivity index (χ4n) is 2.40. The van der Waals surface area contributed by atoms with Gasteiger partial charge in [0.05, 0.1) is 6.54 Å². The molecule has 0 aliphatic rings. The number of halogens is 3. The summed E-state index contributed by atoms with van der Waals surface area (Å²) in [7, 11) is 0. The SMILES string of the molecule is FC(F)(F)c1cc(NCc2nc(-c3ccncc3)no2)nc(-c2ccccn2)n1. The van der Waals surface area contributed by atoms with E-state index in [1.807, 2.05) is 0 Å². The van der Waals surface area contributed by atoms with Gasteiger partial charge in [0, 0.05) is 30.2 Å². The monoisotopic (exact) mass is 399 g/mol. The molecule has 8 nitrogen and oxygen atoms in total. The lowest BCUT2D eigenvalue weighted by Crippen LogP contribution is -2.12.